The van der Waals surface area contributed by atoms with E-state index in [4.69, 9.17) is 9.26 Å². The summed E-state index contributed by atoms with van der Waals surface area (Å²) in [5, 5.41) is 6.52. The monoisotopic (exact) mass is 470 g/mol. The average Bonchev–Trinajstić information content (AvgIpc) is 3.50. The van der Waals surface area contributed by atoms with Gasteiger partial charge in [-0.2, -0.15) is 8.42 Å². The fourth-order valence-corrected chi connectivity index (χ4v) is 6.40. The Bertz CT molecular complexity index is 1060. The van der Waals surface area contributed by atoms with Gasteiger partial charge < -0.3 is 16.0 Å². The molecule has 1 saturated heterocycles. The zero-order chi connectivity index (χ0) is 21.4. The van der Waals surface area contributed by atoms with E-state index in [9.17, 15) is 13.2 Å². The molecule has 9 nitrogen and oxygen atoms in total. The topological polar surface area (TPSA) is 114 Å². The van der Waals surface area contributed by atoms with Crippen LogP contribution in [0.4, 0.5) is 16.2 Å². The number of nitrogens with zero attached hydrogens (tertiary/aromatic N) is 2. The van der Waals surface area contributed by atoms with Gasteiger partial charge in [-0.1, -0.05) is 11.2 Å². The zero-order valence-corrected chi connectivity index (χ0v) is 21.0. The first-order valence-electron chi connectivity index (χ1n) is 10.8. The maximum absolute atomic E-state index is 13.2. The van der Waals surface area contributed by atoms with Crippen molar-refractivity contribution in [3.05, 3.63) is 40.8 Å². The fraction of sp³-hybridized carbons (Fsp3) is 0.524. The van der Waals surface area contributed by atoms with E-state index >= 15 is 0 Å². The number of anilines is 2. The molecule has 0 unspecified atom stereocenters. The molecule has 1 aromatic heterocycles. The van der Waals surface area contributed by atoms with Crippen LogP contribution in [0.2, 0.25) is 0 Å². The molecule has 2 aromatic rings. The molecule has 2 amide bonds. The Labute approximate surface area is 211 Å². The molecule has 1 fully saturated rings. The quantitative estimate of drug-likeness (QED) is 0.586. The van der Waals surface area contributed by atoms with Crippen molar-refractivity contribution in [1.82, 2.24) is 9.88 Å². The Balaban J connectivity index is 0.00000153. The van der Waals surface area contributed by atoms with Gasteiger partial charge in [0.2, 0.25) is 0 Å². The predicted molar refractivity (Wildman–Crippen MR) is 116 cm³/mol. The number of fused-ring (bicyclic) bond motifs is 2. The standard InChI is InChI=1S/C21H26N4O5S.Na.H/c26-21(23-20-18-5-1-3-14(18)11-15-4-2-6-19(15)20)24-31(27,28)25(17-12-22-30-13-17)16-7-9-29-10-8-16;;/h11-13,16H,1-10H2,(H2,23,24,26);;/q;+1;-1. The molecule has 0 spiro atoms. The summed E-state index contributed by atoms with van der Waals surface area (Å²) in [6.45, 7) is 0.910. The number of urea groups is 1. The third-order valence-electron chi connectivity index (χ3n) is 6.39. The van der Waals surface area contributed by atoms with E-state index in [1.165, 1.54) is 27.9 Å². The van der Waals surface area contributed by atoms with Crippen LogP contribution >= 0.6 is 0 Å². The Kier molecular flexibility index (Phi) is 7.16. The van der Waals surface area contributed by atoms with Crippen LogP contribution in [0.5, 0.6) is 0 Å². The molecule has 3 aliphatic rings. The summed E-state index contributed by atoms with van der Waals surface area (Å²) in [6.07, 6.45) is 9.56. The molecule has 0 atom stereocenters. The van der Waals surface area contributed by atoms with E-state index in [1.807, 2.05) is 0 Å². The maximum atomic E-state index is 13.2. The van der Waals surface area contributed by atoms with Gasteiger partial charge in [0.15, 0.2) is 0 Å². The first-order chi connectivity index (χ1) is 15.0. The first kappa shape index (κ1) is 23.6. The van der Waals surface area contributed by atoms with Crippen LogP contribution in [0.1, 0.15) is 49.4 Å². The minimum atomic E-state index is -4.18. The molecule has 168 valence electrons. The number of hydrogen-bond acceptors (Lipinski definition) is 6. The molecule has 2 N–H and O–H groups in total. The summed E-state index contributed by atoms with van der Waals surface area (Å²) in [5.74, 6) is 0. The van der Waals surface area contributed by atoms with Crippen LogP contribution in [0, 0.1) is 0 Å². The van der Waals surface area contributed by atoms with Crippen molar-refractivity contribution < 1.29 is 53.5 Å². The van der Waals surface area contributed by atoms with Crippen molar-refractivity contribution in [2.45, 2.75) is 57.4 Å². The second-order valence-electron chi connectivity index (χ2n) is 8.32. The molecule has 5 rings (SSSR count). The average molecular weight is 471 g/mol. The molecule has 2 aliphatic carbocycles. The van der Waals surface area contributed by atoms with E-state index in [2.05, 4.69) is 21.3 Å². The van der Waals surface area contributed by atoms with Gasteiger partial charge in [-0.25, -0.2) is 13.8 Å². The molecule has 0 bridgehead atoms. The van der Waals surface area contributed by atoms with Crippen LogP contribution in [-0.2, 0) is 40.6 Å². The zero-order valence-electron chi connectivity index (χ0n) is 19.2. The number of amides is 2. The molecule has 11 heteroatoms. The molecule has 32 heavy (non-hydrogen) atoms. The summed E-state index contributed by atoms with van der Waals surface area (Å²) < 4.78 is 40.1. The Morgan fingerprint density at radius 2 is 1.75 bits per heavy atom. The van der Waals surface area contributed by atoms with Crippen LogP contribution in [0.3, 0.4) is 0 Å². The second kappa shape index (κ2) is 9.72. The number of nitrogens with one attached hydrogen (secondary N) is 2. The van der Waals surface area contributed by atoms with Gasteiger partial charge in [0, 0.05) is 18.9 Å². The third-order valence-corrected chi connectivity index (χ3v) is 7.86. The van der Waals surface area contributed by atoms with Crippen LogP contribution < -0.4 is 43.9 Å². The van der Waals surface area contributed by atoms with Crippen molar-refractivity contribution in [3.8, 4) is 0 Å². The van der Waals surface area contributed by atoms with Gasteiger partial charge in [-0.05, 0) is 73.6 Å². The fourth-order valence-electron chi connectivity index (χ4n) is 5.05. The molecule has 0 saturated carbocycles. The maximum Gasteiger partial charge on any atom is 1.00 e. The van der Waals surface area contributed by atoms with Crippen molar-refractivity contribution >= 4 is 27.6 Å². The van der Waals surface area contributed by atoms with E-state index in [-0.39, 0.29) is 42.7 Å². The smallest absolute Gasteiger partial charge is 1.00 e. The van der Waals surface area contributed by atoms with Crippen molar-refractivity contribution in [2.24, 2.45) is 0 Å². The van der Waals surface area contributed by atoms with E-state index in [1.54, 1.807) is 0 Å². The summed E-state index contributed by atoms with van der Waals surface area (Å²) in [7, 11) is -4.18. The third kappa shape index (κ3) is 4.56. The van der Waals surface area contributed by atoms with Gasteiger partial charge in [-0.3, -0.25) is 0 Å². The van der Waals surface area contributed by atoms with E-state index in [0.717, 1.165) is 55.3 Å². The number of hydrogen-bond donors (Lipinski definition) is 2. The van der Waals surface area contributed by atoms with Crippen molar-refractivity contribution in [1.29, 1.82) is 0 Å². The number of carbonyl (C=O) groups excluding carboxylic acids is 1. The number of ether oxygens (including phenoxy) is 1. The normalized spacial score (nSPS) is 17.9. The number of aromatic nitrogens is 1. The first-order valence-corrected chi connectivity index (χ1v) is 12.2. The number of rotatable bonds is 5. The van der Waals surface area contributed by atoms with E-state index < -0.39 is 16.2 Å². The second-order valence-corrected chi connectivity index (χ2v) is 9.86. The Hall–Kier alpha value is -1.59. The molecule has 2 heterocycles. The molecule has 0 radical (unpaired) electrons. The van der Waals surface area contributed by atoms with Gasteiger partial charge in [0.05, 0.1) is 12.2 Å². The van der Waals surface area contributed by atoms with Crippen LogP contribution in [-0.4, -0.2) is 38.9 Å². The molecular weight excluding hydrogens is 443 g/mol. The number of benzene rings is 1. The van der Waals surface area contributed by atoms with Gasteiger partial charge >= 0.3 is 45.8 Å². The van der Waals surface area contributed by atoms with Crippen molar-refractivity contribution in [3.63, 3.8) is 0 Å². The van der Waals surface area contributed by atoms with Gasteiger partial charge in [0.25, 0.3) is 0 Å². The van der Waals surface area contributed by atoms with E-state index in [0.29, 0.717) is 26.1 Å². The van der Waals surface area contributed by atoms with Crippen molar-refractivity contribution in [2.75, 3.05) is 22.8 Å². The Morgan fingerprint density at radius 1 is 1.09 bits per heavy atom. The minimum absolute atomic E-state index is 0. The Morgan fingerprint density at radius 3 is 2.34 bits per heavy atom. The largest absolute Gasteiger partial charge is 1.00 e. The molecular formula is C21H27N4NaO5S. The van der Waals surface area contributed by atoms with Gasteiger partial charge in [0.1, 0.15) is 12.0 Å². The number of aryl methyl sites for hydroxylation is 2. The summed E-state index contributed by atoms with van der Waals surface area (Å²) in [6, 6.07) is 1.18. The summed E-state index contributed by atoms with van der Waals surface area (Å²) in [4.78, 5) is 12.9. The number of carbonyl (C=O) groups is 1. The molecule has 1 aromatic carbocycles. The summed E-state index contributed by atoms with van der Waals surface area (Å²) >= 11 is 0. The summed E-state index contributed by atoms with van der Waals surface area (Å²) in [5.41, 5.74) is 5.92. The SMILES string of the molecule is O=C(Nc1c2c(cc3c1CCC3)CCC2)NS(=O)(=O)N(c1cnoc1)C1CCOCC1.[H-].[Na+]. The van der Waals surface area contributed by atoms with Crippen LogP contribution in [0.15, 0.2) is 23.0 Å². The van der Waals surface area contributed by atoms with Gasteiger partial charge in [-0.15, -0.1) is 0 Å². The minimum Gasteiger partial charge on any atom is -1.00 e. The molecule has 1 aliphatic heterocycles. The predicted octanol–water partition coefficient (Wildman–Crippen LogP) is -0.180. The van der Waals surface area contributed by atoms with Crippen LogP contribution in [0.25, 0.3) is 0 Å².